The molecule has 0 radical (unpaired) electrons. The van der Waals surface area contributed by atoms with Crippen molar-refractivity contribution in [1.82, 2.24) is 4.90 Å². The van der Waals surface area contributed by atoms with Crippen LogP contribution in [0.2, 0.25) is 0 Å². The zero-order chi connectivity index (χ0) is 17.6. The Kier molecular flexibility index (Phi) is 5.71. The Labute approximate surface area is 149 Å². The van der Waals surface area contributed by atoms with Crippen LogP contribution >= 0.6 is 0 Å². The average molecular weight is 338 g/mol. The van der Waals surface area contributed by atoms with E-state index in [0.29, 0.717) is 12.3 Å². The summed E-state index contributed by atoms with van der Waals surface area (Å²) >= 11 is 0. The van der Waals surface area contributed by atoms with E-state index >= 15 is 0 Å². The van der Waals surface area contributed by atoms with Crippen LogP contribution in [-0.4, -0.2) is 29.0 Å². The Hall–Kier alpha value is -2.33. The average Bonchev–Trinajstić information content (AvgIpc) is 2.63. The van der Waals surface area contributed by atoms with Crippen LogP contribution in [0.1, 0.15) is 37.3 Å². The third kappa shape index (κ3) is 4.60. The van der Waals surface area contributed by atoms with Crippen molar-refractivity contribution in [3.05, 3.63) is 59.7 Å². The summed E-state index contributed by atoms with van der Waals surface area (Å²) in [5.74, 6) is 0.302. The maximum atomic E-state index is 12.2. The Morgan fingerprint density at radius 1 is 1.08 bits per heavy atom. The first-order valence-electron chi connectivity index (χ1n) is 9.00. The number of hydrogen-bond donors (Lipinski definition) is 1. The summed E-state index contributed by atoms with van der Waals surface area (Å²) in [6.07, 6.45) is 3.72. The minimum Gasteiger partial charge on any atom is -0.508 e. The topological polar surface area (TPSA) is 43.8 Å². The number of likely N-dealkylation sites (tertiary alicyclic amines) is 1. The van der Waals surface area contributed by atoms with Crippen LogP contribution in [-0.2, 0) is 17.9 Å². The molecule has 0 unspecified atom stereocenters. The lowest BCUT2D eigenvalue weighted by Gasteiger charge is -2.27. The van der Waals surface area contributed by atoms with Crippen LogP contribution in [0.4, 0.5) is 5.69 Å². The van der Waals surface area contributed by atoms with Gasteiger partial charge in [0.1, 0.15) is 5.75 Å². The van der Waals surface area contributed by atoms with Crippen LogP contribution in [0.3, 0.4) is 0 Å². The number of phenolic OH excluding ortho intramolecular Hbond substituents is 1. The van der Waals surface area contributed by atoms with Crippen LogP contribution in [0.25, 0.3) is 0 Å². The maximum absolute atomic E-state index is 12.2. The van der Waals surface area contributed by atoms with Crippen LogP contribution in [0, 0.1) is 0 Å². The predicted octanol–water partition coefficient (Wildman–Crippen LogP) is 3.93. The molecule has 0 bridgehead atoms. The number of phenols is 1. The first-order valence-corrected chi connectivity index (χ1v) is 9.00. The highest BCUT2D eigenvalue weighted by atomic mass is 16.3. The SMILES string of the molecule is CC(=O)N(Cc1ccccc1)c1ccc(O)c(CN2CCCCC2)c1. The van der Waals surface area contributed by atoms with Crippen molar-refractivity contribution in [2.45, 2.75) is 39.3 Å². The summed E-state index contributed by atoms with van der Waals surface area (Å²) in [7, 11) is 0. The van der Waals surface area contributed by atoms with Gasteiger partial charge in [0, 0.05) is 24.7 Å². The molecule has 4 nitrogen and oxygen atoms in total. The number of carbonyl (C=O) groups excluding carboxylic acids is 1. The summed E-state index contributed by atoms with van der Waals surface area (Å²) < 4.78 is 0. The fourth-order valence-electron chi connectivity index (χ4n) is 3.38. The van der Waals surface area contributed by atoms with Crippen molar-refractivity contribution in [2.75, 3.05) is 18.0 Å². The quantitative estimate of drug-likeness (QED) is 0.898. The third-order valence-electron chi connectivity index (χ3n) is 4.78. The summed E-state index contributed by atoms with van der Waals surface area (Å²) in [5, 5.41) is 10.2. The van der Waals surface area contributed by atoms with Crippen molar-refractivity contribution < 1.29 is 9.90 Å². The third-order valence-corrected chi connectivity index (χ3v) is 4.78. The Balaban J connectivity index is 1.81. The fraction of sp³-hybridized carbons (Fsp3) is 0.381. The van der Waals surface area contributed by atoms with E-state index < -0.39 is 0 Å². The fourth-order valence-corrected chi connectivity index (χ4v) is 3.38. The molecule has 1 aliphatic heterocycles. The number of rotatable bonds is 5. The molecule has 1 heterocycles. The number of hydrogen-bond acceptors (Lipinski definition) is 3. The van der Waals surface area contributed by atoms with E-state index in [1.807, 2.05) is 42.5 Å². The van der Waals surface area contributed by atoms with Gasteiger partial charge in [-0.2, -0.15) is 0 Å². The van der Waals surface area contributed by atoms with Gasteiger partial charge >= 0.3 is 0 Å². The molecule has 0 spiro atoms. The first-order chi connectivity index (χ1) is 12.1. The summed E-state index contributed by atoms with van der Waals surface area (Å²) in [5.41, 5.74) is 2.81. The number of amides is 1. The van der Waals surface area contributed by atoms with Gasteiger partial charge in [0.05, 0.1) is 6.54 Å². The molecule has 0 atom stereocenters. The van der Waals surface area contributed by atoms with Crippen molar-refractivity contribution in [1.29, 1.82) is 0 Å². The minimum atomic E-state index is -0.00142. The van der Waals surface area contributed by atoms with Crippen molar-refractivity contribution in [2.24, 2.45) is 0 Å². The minimum absolute atomic E-state index is 0.00142. The predicted molar refractivity (Wildman–Crippen MR) is 101 cm³/mol. The second-order valence-corrected chi connectivity index (χ2v) is 6.74. The van der Waals surface area contributed by atoms with E-state index in [-0.39, 0.29) is 5.91 Å². The first kappa shape index (κ1) is 17.5. The summed E-state index contributed by atoms with van der Waals surface area (Å²) in [4.78, 5) is 16.3. The Morgan fingerprint density at radius 2 is 1.80 bits per heavy atom. The summed E-state index contributed by atoms with van der Waals surface area (Å²) in [6, 6.07) is 15.4. The Bertz CT molecular complexity index is 709. The molecular weight excluding hydrogens is 312 g/mol. The molecule has 3 rings (SSSR count). The van der Waals surface area contributed by atoms with Gasteiger partial charge in [0.2, 0.25) is 5.91 Å². The number of nitrogens with zero attached hydrogens (tertiary/aromatic N) is 2. The van der Waals surface area contributed by atoms with E-state index in [1.54, 1.807) is 17.9 Å². The van der Waals surface area contributed by atoms with Gasteiger partial charge in [-0.25, -0.2) is 0 Å². The number of benzene rings is 2. The smallest absolute Gasteiger partial charge is 0.224 e. The van der Waals surface area contributed by atoms with Gasteiger partial charge < -0.3 is 10.0 Å². The highest BCUT2D eigenvalue weighted by molar-refractivity contribution is 5.91. The standard InChI is InChI=1S/C21H26N2O2/c1-17(24)23(15-18-8-4-2-5-9-18)20-10-11-21(25)19(14-20)16-22-12-6-3-7-13-22/h2,4-5,8-11,14,25H,3,6-7,12-13,15-16H2,1H3. The molecule has 2 aromatic carbocycles. The lowest BCUT2D eigenvalue weighted by atomic mass is 10.1. The highest BCUT2D eigenvalue weighted by Gasteiger charge is 2.17. The van der Waals surface area contributed by atoms with Gasteiger partial charge in [-0.3, -0.25) is 9.69 Å². The molecule has 25 heavy (non-hydrogen) atoms. The molecule has 1 saturated heterocycles. The van der Waals surface area contributed by atoms with E-state index in [4.69, 9.17) is 0 Å². The number of aromatic hydroxyl groups is 1. The number of piperidine rings is 1. The molecule has 2 aromatic rings. The maximum Gasteiger partial charge on any atom is 0.224 e. The zero-order valence-corrected chi connectivity index (χ0v) is 14.8. The van der Waals surface area contributed by atoms with Gasteiger partial charge in [0.25, 0.3) is 0 Å². The molecule has 1 aliphatic rings. The van der Waals surface area contributed by atoms with Gasteiger partial charge in [-0.05, 0) is 49.7 Å². The molecule has 0 saturated carbocycles. The van der Waals surface area contributed by atoms with Crippen LogP contribution < -0.4 is 4.90 Å². The van der Waals surface area contributed by atoms with E-state index in [0.717, 1.165) is 36.4 Å². The van der Waals surface area contributed by atoms with E-state index in [2.05, 4.69) is 4.90 Å². The molecule has 4 heteroatoms. The van der Waals surface area contributed by atoms with E-state index in [9.17, 15) is 9.90 Å². The molecule has 132 valence electrons. The lowest BCUT2D eigenvalue weighted by Crippen LogP contribution is -2.30. The molecular formula is C21H26N2O2. The van der Waals surface area contributed by atoms with Gasteiger partial charge in [0.15, 0.2) is 0 Å². The lowest BCUT2D eigenvalue weighted by molar-refractivity contribution is -0.116. The monoisotopic (exact) mass is 338 g/mol. The van der Waals surface area contributed by atoms with Crippen LogP contribution in [0.5, 0.6) is 5.75 Å². The van der Waals surface area contributed by atoms with E-state index in [1.165, 1.54) is 19.3 Å². The molecule has 0 aliphatic carbocycles. The molecule has 1 fully saturated rings. The molecule has 1 amide bonds. The molecule has 0 aromatic heterocycles. The van der Waals surface area contributed by atoms with Crippen molar-refractivity contribution in [3.8, 4) is 5.75 Å². The highest BCUT2D eigenvalue weighted by Crippen LogP contribution is 2.27. The van der Waals surface area contributed by atoms with Crippen LogP contribution in [0.15, 0.2) is 48.5 Å². The number of anilines is 1. The summed E-state index contributed by atoms with van der Waals surface area (Å²) in [6.45, 7) is 5.00. The zero-order valence-electron chi connectivity index (χ0n) is 14.8. The van der Waals surface area contributed by atoms with Gasteiger partial charge in [-0.15, -0.1) is 0 Å². The van der Waals surface area contributed by atoms with Crippen molar-refractivity contribution in [3.63, 3.8) is 0 Å². The second-order valence-electron chi connectivity index (χ2n) is 6.74. The second kappa shape index (κ2) is 8.17. The number of carbonyl (C=O) groups is 1. The Morgan fingerprint density at radius 3 is 2.48 bits per heavy atom. The van der Waals surface area contributed by atoms with Crippen molar-refractivity contribution >= 4 is 11.6 Å². The molecule has 1 N–H and O–H groups in total. The largest absolute Gasteiger partial charge is 0.508 e. The van der Waals surface area contributed by atoms with Gasteiger partial charge in [-0.1, -0.05) is 36.8 Å². The normalized spacial score (nSPS) is 15.1.